The molecule has 23 heavy (non-hydrogen) atoms. The highest BCUT2D eigenvalue weighted by atomic mass is 35.5. The number of hydrogen-bond acceptors (Lipinski definition) is 5. The molecule has 3 rings (SSSR count). The first-order valence-corrected chi connectivity index (χ1v) is 7.06. The molecule has 7 heteroatoms. The van der Waals surface area contributed by atoms with Crippen molar-refractivity contribution in [2.45, 2.75) is 6.54 Å². The largest absolute Gasteiger partial charge is 0.419 e. The van der Waals surface area contributed by atoms with Crippen molar-refractivity contribution in [2.75, 3.05) is 5.32 Å². The fourth-order valence-corrected chi connectivity index (χ4v) is 2.19. The number of aromatic nitrogens is 2. The molecule has 0 fully saturated rings. The van der Waals surface area contributed by atoms with Crippen molar-refractivity contribution in [3.05, 3.63) is 64.8 Å². The Hall–Kier alpha value is -2.91. The van der Waals surface area contributed by atoms with E-state index in [9.17, 15) is 4.39 Å². The summed E-state index contributed by atoms with van der Waals surface area (Å²) in [4.78, 5) is 0. The van der Waals surface area contributed by atoms with Crippen LogP contribution in [-0.2, 0) is 6.54 Å². The second kappa shape index (κ2) is 6.46. The minimum atomic E-state index is -0.454. The van der Waals surface area contributed by atoms with Crippen molar-refractivity contribution >= 4 is 17.3 Å². The molecule has 1 heterocycles. The Bertz CT molecular complexity index is 850. The van der Waals surface area contributed by atoms with Crippen molar-refractivity contribution in [1.29, 1.82) is 5.26 Å². The molecule has 0 saturated carbocycles. The Kier molecular flexibility index (Phi) is 4.22. The second-order valence-corrected chi connectivity index (χ2v) is 5.05. The predicted molar refractivity (Wildman–Crippen MR) is 83.2 cm³/mol. The summed E-state index contributed by atoms with van der Waals surface area (Å²) in [5, 5.41) is 19.7. The number of nitrogens with one attached hydrogen (secondary N) is 1. The number of benzene rings is 2. The summed E-state index contributed by atoms with van der Waals surface area (Å²) in [5.74, 6) is 0.166. The summed E-state index contributed by atoms with van der Waals surface area (Å²) in [5.41, 5.74) is 1.43. The third kappa shape index (κ3) is 3.30. The van der Waals surface area contributed by atoms with Crippen LogP contribution in [0, 0.1) is 17.1 Å². The molecule has 0 atom stereocenters. The van der Waals surface area contributed by atoms with Gasteiger partial charge in [-0.3, -0.25) is 0 Å². The first kappa shape index (κ1) is 15.0. The highest BCUT2D eigenvalue weighted by molar-refractivity contribution is 6.33. The van der Waals surface area contributed by atoms with Crippen LogP contribution in [0.2, 0.25) is 5.02 Å². The summed E-state index contributed by atoms with van der Waals surface area (Å²) in [6.45, 7) is 0.143. The van der Waals surface area contributed by atoms with Gasteiger partial charge in [-0.1, -0.05) is 17.7 Å². The molecule has 0 saturated heterocycles. The van der Waals surface area contributed by atoms with Gasteiger partial charge >= 0.3 is 0 Å². The zero-order valence-electron chi connectivity index (χ0n) is 11.8. The van der Waals surface area contributed by atoms with E-state index in [1.54, 1.807) is 30.3 Å². The quantitative estimate of drug-likeness (QED) is 0.783. The molecule has 0 radical (unpaired) electrons. The molecule has 3 aromatic rings. The summed E-state index contributed by atoms with van der Waals surface area (Å²) < 4.78 is 19.2. The zero-order valence-corrected chi connectivity index (χ0v) is 12.5. The first-order valence-electron chi connectivity index (χ1n) is 6.68. The van der Waals surface area contributed by atoms with Crippen LogP contribution in [0.15, 0.2) is 46.9 Å². The molecule has 0 amide bonds. The van der Waals surface area contributed by atoms with Crippen LogP contribution >= 0.6 is 11.6 Å². The van der Waals surface area contributed by atoms with Crippen LogP contribution in [0.3, 0.4) is 0 Å². The van der Waals surface area contributed by atoms with E-state index in [4.69, 9.17) is 21.3 Å². The van der Waals surface area contributed by atoms with Crippen LogP contribution < -0.4 is 5.32 Å². The number of rotatable bonds is 4. The molecule has 5 nitrogen and oxygen atoms in total. The topological polar surface area (TPSA) is 74.7 Å². The number of anilines is 1. The van der Waals surface area contributed by atoms with E-state index in [1.165, 1.54) is 12.1 Å². The normalized spacial score (nSPS) is 10.3. The monoisotopic (exact) mass is 328 g/mol. The summed E-state index contributed by atoms with van der Waals surface area (Å²) in [6.07, 6.45) is 0. The fourth-order valence-electron chi connectivity index (χ4n) is 1.96. The molecule has 2 aromatic carbocycles. The van der Waals surface area contributed by atoms with Gasteiger partial charge in [0.15, 0.2) is 0 Å². The molecule has 0 aliphatic heterocycles. The molecule has 114 valence electrons. The molecule has 0 spiro atoms. The highest BCUT2D eigenvalue weighted by Crippen LogP contribution is 2.25. The highest BCUT2D eigenvalue weighted by Gasteiger charge is 2.11. The SMILES string of the molecule is N#Cc1ccc(-c2nnc(CNc3c(F)cccc3Cl)o2)cc1. The van der Waals surface area contributed by atoms with Gasteiger partial charge in [-0.2, -0.15) is 5.26 Å². The summed E-state index contributed by atoms with van der Waals surface area (Å²) in [6, 6.07) is 13.2. The summed E-state index contributed by atoms with van der Waals surface area (Å²) >= 11 is 5.93. The minimum absolute atomic E-state index is 0.143. The van der Waals surface area contributed by atoms with Crippen molar-refractivity contribution in [3.8, 4) is 17.5 Å². The van der Waals surface area contributed by atoms with Gasteiger partial charge in [0.1, 0.15) is 5.82 Å². The number of para-hydroxylation sites is 1. The number of hydrogen-bond donors (Lipinski definition) is 1. The maximum absolute atomic E-state index is 13.7. The molecule has 1 aromatic heterocycles. The van der Waals surface area contributed by atoms with E-state index in [0.29, 0.717) is 22.9 Å². The Morgan fingerprint density at radius 1 is 1.17 bits per heavy atom. The fraction of sp³-hybridized carbons (Fsp3) is 0.0625. The number of nitriles is 1. The third-order valence-corrected chi connectivity index (χ3v) is 3.42. The average Bonchev–Trinajstić information content (AvgIpc) is 3.03. The molecule has 0 aliphatic rings. The molecule has 0 aliphatic carbocycles. The second-order valence-electron chi connectivity index (χ2n) is 4.64. The Morgan fingerprint density at radius 2 is 1.96 bits per heavy atom. The lowest BCUT2D eigenvalue weighted by molar-refractivity contribution is 0.514. The maximum atomic E-state index is 13.7. The van der Waals surface area contributed by atoms with Crippen molar-refractivity contribution < 1.29 is 8.81 Å². The lowest BCUT2D eigenvalue weighted by Gasteiger charge is -2.06. The smallest absolute Gasteiger partial charge is 0.247 e. The molecular formula is C16H10ClFN4O. The Balaban J connectivity index is 1.73. The van der Waals surface area contributed by atoms with Crippen molar-refractivity contribution in [3.63, 3.8) is 0 Å². The van der Waals surface area contributed by atoms with Gasteiger partial charge in [-0.25, -0.2) is 4.39 Å². The van der Waals surface area contributed by atoms with Gasteiger partial charge in [0.25, 0.3) is 0 Å². The van der Waals surface area contributed by atoms with Crippen LogP contribution in [0.1, 0.15) is 11.5 Å². The molecule has 0 unspecified atom stereocenters. The van der Waals surface area contributed by atoms with E-state index in [2.05, 4.69) is 15.5 Å². The zero-order chi connectivity index (χ0) is 16.2. The van der Waals surface area contributed by atoms with Crippen LogP contribution in [0.25, 0.3) is 11.5 Å². The minimum Gasteiger partial charge on any atom is -0.419 e. The van der Waals surface area contributed by atoms with E-state index >= 15 is 0 Å². The van der Waals surface area contributed by atoms with E-state index < -0.39 is 5.82 Å². The molecular weight excluding hydrogens is 319 g/mol. The van der Waals surface area contributed by atoms with E-state index in [1.807, 2.05) is 6.07 Å². The van der Waals surface area contributed by atoms with E-state index in [0.717, 1.165) is 0 Å². The number of halogens is 2. The van der Waals surface area contributed by atoms with Crippen LogP contribution in [0.5, 0.6) is 0 Å². The van der Waals surface area contributed by atoms with Crippen LogP contribution in [-0.4, -0.2) is 10.2 Å². The maximum Gasteiger partial charge on any atom is 0.247 e. The van der Waals surface area contributed by atoms with Gasteiger partial charge in [0.2, 0.25) is 11.8 Å². The van der Waals surface area contributed by atoms with Crippen molar-refractivity contribution in [1.82, 2.24) is 10.2 Å². The lowest BCUT2D eigenvalue weighted by Crippen LogP contribution is -2.02. The number of nitrogens with zero attached hydrogens (tertiary/aromatic N) is 3. The summed E-state index contributed by atoms with van der Waals surface area (Å²) in [7, 11) is 0. The standard InChI is InChI=1S/C16H10ClFN4O/c17-12-2-1-3-13(18)15(12)20-9-14-21-22-16(23-14)11-6-4-10(8-19)5-7-11/h1-7,20H,9H2. The van der Waals surface area contributed by atoms with Crippen LogP contribution in [0.4, 0.5) is 10.1 Å². The van der Waals surface area contributed by atoms with Gasteiger partial charge in [-0.15, -0.1) is 10.2 Å². The Morgan fingerprint density at radius 3 is 2.65 bits per heavy atom. The first-order chi connectivity index (χ1) is 11.2. The van der Waals surface area contributed by atoms with Gasteiger partial charge in [-0.05, 0) is 36.4 Å². The van der Waals surface area contributed by atoms with Gasteiger partial charge in [0, 0.05) is 5.56 Å². The van der Waals surface area contributed by atoms with Crippen molar-refractivity contribution in [2.24, 2.45) is 0 Å². The molecule has 1 N–H and O–H groups in total. The predicted octanol–water partition coefficient (Wildman–Crippen LogP) is 4.01. The molecule has 0 bridgehead atoms. The Labute approximate surface area is 136 Å². The lowest BCUT2D eigenvalue weighted by atomic mass is 10.1. The van der Waals surface area contributed by atoms with E-state index in [-0.39, 0.29) is 17.3 Å². The third-order valence-electron chi connectivity index (χ3n) is 3.11. The van der Waals surface area contributed by atoms with Gasteiger partial charge < -0.3 is 9.73 Å². The average molecular weight is 329 g/mol. The van der Waals surface area contributed by atoms with Gasteiger partial charge in [0.05, 0.1) is 28.9 Å².